The minimum absolute atomic E-state index is 0.333. The van der Waals surface area contributed by atoms with E-state index in [0.717, 1.165) is 13.0 Å². The van der Waals surface area contributed by atoms with Gasteiger partial charge in [0.25, 0.3) is 0 Å². The molecule has 1 aromatic rings. The first-order valence-electron chi connectivity index (χ1n) is 5.51. The topological polar surface area (TPSA) is 32.3 Å². The zero-order valence-corrected chi connectivity index (χ0v) is 8.82. The van der Waals surface area contributed by atoms with Crippen LogP contribution in [-0.4, -0.2) is 11.1 Å². The van der Waals surface area contributed by atoms with Crippen molar-refractivity contribution in [3.8, 4) is 5.75 Å². The minimum atomic E-state index is 0.333. The fourth-order valence-corrected chi connectivity index (χ4v) is 1.85. The lowest BCUT2D eigenvalue weighted by Gasteiger charge is -2.19. The van der Waals surface area contributed by atoms with Crippen molar-refractivity contribution in [1.82, 2.24) is 5.32 Å². The fraction of sp³-hybridized carbons (Fsp3) is 0.385. The Balaban J connectivity index is 1.82. The van der Waals surface area contributed by atoms with E-state index in [1.54, 1.807) is 12.1 Å². The number of phenols is 1. The fourth-order valence-electron chi connectivity index (χ4n) is 1.85. The molecule has 0 aliphatic heterocycles. The second-order valence-electron chi connectivity index (χ2n) is 4.03. The summed E-state index contributed by atoms with van der Waals surface area (Å²) in [6, 6.07) is 8.00. The van der Waals surface area contributed by atoms with Crippen molar-refractivity contribution >= 4 is 0 Å². The summed E-state index contributed by atoms with van der Waals surface area (Å²) in [7, 11) is 0. The molecule has 0 radical (unpaired) electrons. The van der Waals surface area contributed by atoms with Crippen molar-refractivity contribution in [2.75, 3.05) is 0 Å². The highest BCUT2D eigenvalue weighted by molar-refractivity contribution is 5.25. The Labute approximate surface area is 90.6 Å². The van der Waals surface area contributed by atoms with Gasteiger partial charge >= 0.3 is 0 Å². The Morgan fingerprint density at radius 2 is 2.00 bits per heavy atom. The molecule has 80 valence electrons. The lowest BCUT2D eigenvalue weighted by atomic mass is 10.0. The summed E-state index contributed by atoms with van der Waals surface area (Å²) in [6.07, 6.45) is 8.05. The van der Waals surface area contributed by atoms with E-state index in [9.17, 15) is 0 Å². The summed E-state index contributed by atoms with van der Waals surface area (Å²) in [5.74, 6) is 0.333. The second kappa shape index (κ2) is 4.99. The second-order valence-corrected chi connectivity index (χ2v) is 4.03. The van der Waals surface area contributed by atoms with Crippen molar-refractivity contribution in [3.05, 3.63) is 42.0 Å². The van der Waals surface area contributed by atoms with E-state index < -0.39 is 0 Å². The Kier molecular flexibility index (Phi) is 3.41. The molecule has 2 N–H and O–H groups in total. The average Bonchev–Trinajstić information content (AvgIpc) is 2.30. The molecule has 2 rings (SSSR count). The molecule has 0 saturated carbocycles. The van der Waals surface area contributed by atoms with Crippen LogP contribution in [0.3, 0.4) is 0 Å². The molecule has 2 nitrogen and oxygen atoms in total. The summed E-state index contributed by atoms with van der Waals surface area (Å²) in [4.78, 5) is 0. The normalized spacial score (nSPS) is 20.4. The van der Waals surface area contributed by atoms with Crippen LogP contribution < -0.4 is 5.32 Å². The van der Waals surface area contributed by atoms with Gasteiger partial charge in [-0.25, -0.2) is 0 Å². The van der Waals surface area contributed by atoms with Gasteiger partial charge in [0.05, 0.1) is 0 Å². The first-order chi connectivity index (χ1) is 7.34. The SMILES string of the molecule is Oc1ccc(CNC2CC=CCC2)cc1. The first kappa shape index (κ1) is 10.2. The zero-order chi connectivity index (χ0) is 10.5. The van der Waals surface area contributed by atoms with Crippen LogP contribution in [0.2, 0.25) is 0 Å². The average molecular weight is 203 g/mol. The van der Waals surface area contributed by atoms with E-state index in [0.29, 0.717) is 11.8 Å². The molecular weight excluding hydrogens is 186 g/mol. The molecule has 0 spiro atoms. The molecule has 0 heterocycles. The number of nitrogens with one attached hydrogen (secondary N) is 1. The van der Waals surface area contributed by atoms with Crippen LogP contribution in [0.25, 0.3) is 0 Å². The van der Waals surface area contributed by atoms with Gasteiger partial charge in [0.15, 0.2) is 0 Å². The van der Waals surface area contributed by atoms with E-state index in [-0.39, 0.29) is 0 Å². The van der Waals surface area contributed by atoms with Crippen LogP contribution in [-0.2, 0) is 6.54 Å². The lowest BCUT2D eigenvalue weighted by molar-refractivity contribution is 0.469. The van der Waals surface area contributed by atoms with Crippen LogP contribution in [0.5, 0.6) is 5.75 Å². The molecule has 1 unspecified atom stereocenters. The van der Waals surface area contributed by atoms with Crippen molar-refractivity contribution in [1.29, 1.82) is 0 Å². The molecule has 1 atom stereocenters. The first-order valence-corrected chi connectivity index (χ1v) is 5.51. The zero-order valence-electron chi connectivity index (χ0n) is 8.82. The molecule has 0 saturated heterocycles. The van der Waals surface area contributed by atoms with Gasteiger partial charge in [-0.1, -0.05) is 24.3 Å². The Morgan fingerprint density at radius 3 is 2.67 bits per heavy atom. The molecule has 0 aromatic heterocycles. The Hall–Kier alpha value is -1.28. The molecule has 15 heavy (non-hydrogen) atoms. The summed E-state index contributed by atoms with van der Waals surface area (Å²) in [5, 5.41) is 12.7. The van der Waals surface area contributed by atoms with Gasteiger partial charge in [-0.2, -0.15) is 0 Å². The summed E-state index contributed by atoms with van der Waals surface area (Å²) in [6.45, 7) is 0.888. The van der Waals surface area contributed by atoms with Gasteiger partial charge in [0.2, 0.25) is 0 Å². The van der Waals surface area contributed by atoms with Crippen molar-refractivity contribution in [2.45, 2.75) is 31.8 Å². The lowest BCUT2D eigenvalue weighted by Crippen LogP contribution is -2.29. The maximum absolute atomic E-state index is 9.14. The molecule has 1 aromatic carbocycles. The summed E-state index contributed by atoms with van der Waals surface area (Å²) >= 11 is 0. The molecule has 2 heteroatoms. The van der Waals surface area contributed by atoms with Crippen LogP contribution >= 0.6 is 0 Å². The highest BCUT2D eigenvalue weighted by atomic mass is 16.3. The molecule has 1 aliphatic rings. The minimum Gasteiger partial charge on any atom is -0.508 e. The Bertz CT molecular complexity index is 329. The third kappa shape index (κ3) is 3.10. The van der Waals surface area contributed by atoms with Gasteiger partial charge in [-0.05, 0) is 37.0 Å². The predicted molar refractivity (Wildman–Crippen MR) is 61.7 cm³/mol. The maximum Gasteiger partial charge on any atom is 0.115 e. The third-order valence-corrected chi connectivity index (χ3v) is 2.80. The van der Waals surface area contributed by atoms with E-state index in [4.69, 9.17) is 5.11 Å². The number of aromatic hydroxyl groups is 1. The number of allylic oxidation sites excluding steroid dienone is 1. The van der Waals surface area contributed by atoms with Crippen molar-refractivity contribution < 1.29 is 5.11 Å². The number of benzene rings is 1. The largest absolute Gasteiger partial charge is 0.508 e. The van der Waals surface area contributed by atoms with E-state index in [1.807, 2.05) is 12.1 Å². The van der Waals surface area contributed by atoms with E-state index >= 15 is 0 Å². The van der Waals surface area contributed by atoms with Gasteiger partial charge in [-0.15, -0.1) is 0 Å². The summed E-state index contributed by atoms with van der Waals surface area (Å²) < 4.78 is 0. The molecule has 1 aliphatic carbocycles. The van der Waals surface area contributed by atoms with Gasteiger partial charge in [0.1, 0.15) is 5.75 Å². The van der Waals surface area contributed by atoms with Gasteiger partial charge in [-0.3, -0.25) is 0 Å². The van der Waals surface area contributed by atoms with Crippen molar-refractivity contribution in [3.63, 3.8) is 0 Å². The smallest absolute Gasteiger partial charge is 0.115 e. The van der Waals surface area contributed by atoms with Crippen LogP contribution in [0, 0.1) is 0 Å². The number of hydrogen-bond donors (Lipinski definition) is 2. The number of hydrogen-bond acceptors (Lipinski definition) is 2. The maximum atomic E-state index is 9.14. The molecule has 0 amide bonds. The predicted octanol–water partition coefficient (Wildman–Crippen LogP) is 2.59. The number of phenolic OH excluding ortho intramolecular Hbond substituents is 1. The monoisotopic (exact) mass is 203 g/mol. The standard InChI is InChI=1S/C13H17NO/c15-13-8-6-11(7-9-13)10-14-12-4-2-1-3-5-12/h1-2,6-9,12,14-15H,3-5,10H2. The highest BCUT2D eigenvalue weighted by Crippen LogP contribution is 2.13. The molecule has 0 fully saturated rings. The van der Waals surface area contributed by atoms with E-state index in [2.05, 4.69) is 17.5 Å². The van der Waals surface area contributed by atoms with Gasteiger partial charge in [0, 0.05) is 12.6 Å². The van der Waals surface area contributed by atoms with Crippen LogP contribution in [0.1, 0.15) is 24.8 Å². The van der Waals surface area contributed by atoms with E-state index in [1.165, 1.54) is 18.4 Å². The molecular formula is C13H17NO. The Morgan fingerprint density at radius 1 is 1.20 bits per heavy atom. The van der Waals surface area contributed by atoms with Gasteiger partial charge < -0.3 is 10.4 Å². The summed E-state index contributed by atoms with van der Waals surface area (Å²) in [5.41, 5.74) is 1.22. The van der Waals surface area contributed by atoms with Crippen LogP contribution in [0.4, 0.5) is 0 Å². The quantitative estimate of drug-likeness (QED) is 0.740. The number of rotatable bonds is 3. The highest BCUT2D eigenvalue weighted by Gasteiger charge is 2.08. The van der Waals surface area contributed by atoms with Crippen molar-refractivity contribution in [2.24, 2.45) is 0 Å². The molecule has 0 bridgehead atoms. The third-order valence-electron chi connectivity index (χ3n) is 2.80. The van der Waals surface area contributed by atoms with Crippen LogP contribution in [0.15, 0.2) is 36.4 Å².